The van der Waals surface area contributed by atoms with Crippen molar-refractivity contribution in [3.63, 3.8) is 0 Å². The number of hydrogen-bond acceptors (Lipinski definition) is 8. The van der Waals surface area contributed by atoms with Crippen molar-refractivity contribution < 1.29 is 22.7 Å². The van der Waals surface area contributed by atoms with Gasteiger partial charge >= 0.3 is 0 Å². The molecule has 6 atom stereocenters. The van der Waals surface area contributed by atoms with E-state index in [2.05, 4.69) is 44.9 Å². The zero-order valence-corrected chi connectivity index (χ0v) is 31.2. The Labute approximate surface area is 302 Å². The highest BCUT2D eigenvalue weighted by Crippen LogP contribution is 2.50. The molecule has 2 fully saturated rings. The van der Waals surface area contributed by atoms with Crippen molar-refractivity contribution in [2.75, 3.05) is 51.3 Å². The summed E-state index contributed by atoms with van der Waals surface area (Å²) in [5, 5.41) is 9.67. The standard InChI is InChI=1S/C39H49ClN4O5S/c1-26-7-5-16-39(48-4,24-43-21-37(3,20-41)22-43)33-12-9-30(33)19-44-23-38(15-6-8-28-17-31(40)11-13-32(28)38)25-49-35-14-10-29(18-34(35)44)36(45)42-50(46,47)27(26)2/h5,10-11,13-14,16-18,26-27,30,33H,6-9,12,15,19,21-25H2,1-4H3,(H,42,45)/b16-5-/t26-,27+,30-,33+,38-,39+/m0/s1. The molecule has 2 aromatic rings. The Hall–Kier alpha value is -3.10. The first-order chi connectivity index (χ1) is 23.8. The highest BCUT2D eigenvalue weighted by Gasteiger charge is 2.52. The van der Waals surface area contributed by atoms with Crippen LogP contribution in [0, 0.1) is 34.5 Å². The van der Waals surface area contributed by atoms with Crippen LogP contribution in [0.2, 0.25) is 5.02 Å². The van der Waals surface area contributed by atoms with Gasteiger partial charge in [0, 0.05) is 55.8 Å². The number of nitrogens with zero attached hydrogens (tertiary/aromatic N) is 3. The van der Waals surface area contributed by atoms with Gasteiger partial charge in [0.25, 0.3) is 5.91 Å². The molecule has 7 rings (SSSR count). The molecule has 11 heteroatoms. The number of carbonyl (C=O) groups is 1. The second-order valence-electron chi connectivity index (χ2n) is 16.0. The molecule has 268 valence electrons. The summed E-state index contributed by atoms with van der Waals surface area (Å²) in [4.78, 5) is 18.3. The minimum Gasteiger partial charge on any atom is -0.490 e. The summed E-state index contributed by atoms with van der Waals surface area (Å²) in [6, 6.07) is 14.0. The lowest BCUT2D eigenvalue weighted by Crippen LogP contribution is -2.62. The lowest BCUT2D eigenvalue weighted by molar-refractivity contribution is -0.110. The second kappa shape index (κ2) is 13.1. The van der Waals surface area contributed by atoms with Crippen molar-refractivity contribution >= 4 is 33.2 Å². The van der Waals surface area contributed by atoms with Gasteiger partial charge in [-0.15, -0.1) is 0 Å². The van der Waals surface area contributed by atoms with E-state index in [0.717, 1.165) is 49.4 Å². The van der Waals surface area contributed by atoms with Crippen molar-refractivity contribution in [1.29, 1.82) is 5.26 Å². The molecule has 0 radical (unpaired) electrons. The van der Waals surface area contributed by atoms with Crippen molar-refractivity contribution in [2.24, 2.45) is 23.2 Å². The van der Waals surface area contributed by atoms with E-state index in [1.807, 2.05) is 32.0 Å². The number of ether oxygens (including phenoxy) is 2. The first-order valence-corrected chi connectivity index (χ1v) is 19.9. The molecule has 1 spiro atoms. The Morgan fingerprint density at radius 1 is 1.14 bits per heavy atom. The van der Waals surface area contributed by atoms with Crippen LogP contribution in [-0.2, 0) is 26.6 Å². The highest BCUT2D eigenvalue weighted by molar-refractivity contribution is 7.90. The van der Waals surface area contributed by atoms with Gasteiger partial charge in [-0.1, -0.05) is 36.7 Å². The van der Waals surface area contributed by atoms with Crippen LogP contribution in [0.1, 0.15) is 74.4 Å². The Morgan fingerprint density at radius 3 is 2.66 bits per heavy atom. The van der Waals surface area contributed by atoms with E-state index in [1.54, 1.807) is 20.1 Å². The maximum Gasteiger partial charge on any atom is 0.264 e. The van der Waals surface area contributed by atoms with Gasteiger partial charge in [-0.3, -0.25) is 9.69 Å². The number of nitrogens with one attached hydrogen (secondary N) is 1. The molecule has 1 amide bonds. The van der Waals surface area contributed by atoms with Crippen molar-refractivity contribution in [3.05, 3.63) is 70.3 Å². The van der Waals surface area contributed by atoms with E-state index in [1.165, 1.54) is 11.1 Å². The van der Waals surface area contributed by atoms with Crippen LogP contribution in [0.4, 0.5) is 5.69 Å². The number of halogens is 1. The summed E-state index contributed by atoms with van der Waals surface area (Å²) in [6.07, 6.45) is 9.75. The van der Waals surface area contributed by atoms with Gasteiger partial charge in [0.2, 0.25) is 10.0 Å². The summed E-state index contributed by atoms with van der Waals surface area (Å²) >= 11 is 6.47. The molecule has 2 bridgehead atoms. The largest absolute Gasteiger partial charge is 0.490 e. The molecule has 1 saturated heterocycles. The Kier molecular flexibility index (Phi) is 9.28. The van der Waals surface area contributed by atoms with E-state index >= 15 is 0 Å². The molecule has 2 aromatic carbocycles. The van der Waals surface area contributed by atoms with E-state index in [9.17, 15) is 18.5 Å². The van der Waals surface area contributed by atoms with E-state index < -0.39 is 26.8 Å². The molecular formula is C39H49ClN4O5S. The van der Waals surface area contributed by atoms with Crippen molar-refractivity contribution in [1.82, 2.24) is 9.62 Å². The first kappa shape index (κ1) is 35.3. The summed E-state index contributed by atoms with van der Waals surface area (Å²) in [6.45, 7) is 9.54. The SMILES string of the molecule is CO[C@@]1(CN2CC(C)(C#N)C2)/C=C\C[C@H](C)[C@@H](C)S(=O)(=O)NC(=O)c2ccc3c(c2)N(C[C@@H]2CC[C@H]21)C[C@@]1(CCCc2cc(Cl)ccc21)CO3. The van der Waals surface area contributed by atoms with Gasteiger partial charge < -0.3 is 14.4 Å². The van der Waals surface area contributed by atoms with Gasteiger partial charge in [-0.05, 0) is 112 Å². The normalized spacial score (nSPS) is 34.0. The maximum absolute atomic E-state index is 13.6. The molecular weight excluding hydrogens is 672 g/mol. The molecule has 9 nitrogen and oxygen atoms in total. The fraction of sp³-hybridized carbons (Fsp3) is 0.590. The molecule has 3 heterocycles. The van der Waals surface area contributed by atoms with Gasteiger partial charge in [0.15, 0.2) is 0 Å². The predicted octanol–water partition coefficient (Wildman–Crippen LogP) is 6.11. The number of allylic oxidation sites excluding steroid dienone is 1. The van der Waals surface area contributed by atoms with Crippen LogP contribution < -0.4 is 14.4 Å². The first-order valence-electron chi connectivity index (χ1n) is 18.0. The Bertz CT molecular complexity index is 1840. The zero-order chi connectivity index (χ0) is 35.5. The average Bonchev–Trinajstić information content (AvgIpc) is 3.21. The highest BCUT2D eigenvalue weighted by atomic mass is 35.5. The number of benzene rings is 2. The number of sulfonamides is 1. The third kappa shape index (κ3) is 6.33. The van der Waals surface area contributed by atoms with Crippen LogP contribution >= 0.6 is 11.6 Å². The monoisotopic (exact) mass is 720 g/mol. The number of anilines is 1. The van der Waals surface area contributed by atoms with Crippen LogP contribution in [0.25, 0.3) is 0 Å². The summed E-state index contributed by atoms with van der Waals surface area (Å²) in [5.41, 5.74) is 2.36. The summed E-state index contributed by atoms with van der Waals surface area (Å²) in [5.74, 6) is 0.305. The average molecular weight is 721 g/mol. The number of likely N-dealkylation sites (tertiary alicyclic amines) is 1. The third-order valence-corrected chi connectivity index (χ3v) is 14.6. The van der Waals surface area contributed by atoms with Crippen molar-refractivity contribution in [3.8, 4) is 11.8 Å². The van der Waals surface area contributed by atoms with Gasteiger partial charge in [0.05, 0.1) is 29.0 Å². The Morgan fingerprint density at radius 2 is 1.94 bits per heavy atom. The number of amides is 1. The number of methoxy groups -OCH3 is 1. The van der Waals surface area contributed by atoms with E-state index in [4.69, 9.17) is 21.1 Å². The summed E-state index contributed by atoms with van der Waals surface area (Å²) in [7, 11) is -2.18. The fourth-order valence-corrected chi connectivity index (χ4v) is 10.8. The topological polar surface area (TPSA) is 112 Å². The number of rotatable bonds is 3. The molecule has 1 N–H and O–H groups in total. The minimum atomic E-state index is -3.97. The van der Waals surface area contributed by atoms with Crippen molar-refractivity contribution in [2.45, 2.75) is 75.6 Å². The second-order valence-corrected chi connectivity index (χ2v) is 18.5. The van der Waals surface area contributed by atoms with Gasteiger partial charge in [-0.25, -0.2) is 13.1 Å². The smallest absolute Gasteiger partial charge is 0.264 e. The van der Waals surface area contributed by atoms with Gasteiger partial charge in [-0.2, -0.15) is 5.26 Å². The lowest BCUT2D eigenvalue weighted by Gasteiger charge is -2.54. The van der Waals surface area contributed by atoms with Crippen LogP contribution in [0.15, 0.2) is 48.6 Å². The molecule has 3 aliphatic heterocycles. The maximum atomic E-state index is 13.6. The Balaban J connectivity index is 1.31. The number of nitriles is 1. The minimum absolute atomic E-state index is 0.203. The molecule has 5 aliphatic rings. The summed E-state index contributed by atoms with van der Waals surface area (Å²) < 4.78 is 42.6. The van der Waals surface area contributed by atoms with E-state index in [-0.39, 0.29) is 28.2 Å². The molecule has 1 saturated carbocycles. The molecule has 0 aromatic heterocycles. The third-order valence-electron chi connectivity index (χ3n) is 12.5. The van der Waals surface area contributed by atoms with Gasteiger partial charge in [0.1, 0.15) is 11.4 Å². The van der Waals surface area contributed by atoms with Crippen LogP contribution in [-0.4, -0.2) is 76.5 Å². The number of carbonyl (C=O) groups excluding carboxylic acids is 1. The number of fused-ring (bicyclic) bond motifs is 4. The lowest BCUT2D eigenvalue weighted by atomic mass is 9.63. The zero-order valence-electron chi connectivity index (χ0n) is 29.6. The quantitative estimate of drug-likeness (QED) is 0.378. The van der Waals surface area contributed by atoms with Crippen LogP contribution in [0.3, 0.4) is 0 Å². The number of aryl methyl sites for hydroxylation is 1. The molecule has 50 heavy (non-hydrogen) atoms. The number of hydrogen-bond donors (Lipinski definition) is 1. The van der Waals surface area contributed by atoms with Crippen LogP contribution in [0.5, 0.6) is 5.75 Å². The fourth-order valence-electron chi connectivity index (χ4n) is 9.28. The predicted molar refractivity (Wildman–Crippen MR) is 195 cm³/mol. The molecule has 0 unspecified atom stereocenters. The van der Waals surface area contributed by atoms with E-state index in [0.29, 0.717) is 50.9 Å². The molecule has 2 aliphatic carbocycles.